The van der Waals surface area contributed by atoms with Crippen LogP contribution >= 0.6 is 11.3 Å². The maximum Gasteiger partial charge on any atom is 0.337 e. The number of amides is 1. The molecule has 0 aliphatic carbocycles. The fraction of sp³-hybridized carbons (Fsp3) is 0.143. The quantitative estimate of drug-likeness (QED) is 0.873. The molecule has 0 radical (unpaired) electrons. The van der Waals surface area contributed by atoms with Gasteiger partial charge in [0.05, 0.1) is 19.1 Å². The number of benzene rings is 1. The lowest BCUT2D eigenvalue weighted by molar-refractivity contribution is -0.115. The Morgan fingerprint density at radius 1 is 1.21 bits per heavy atom. The average Bonchev–Trinajstić information content (AvgIpc) is 2.91. The van der Waals surface area contributed by atoms with Gasteiger partial charge < -0.3 is 10.1 Å². The number of ether oxygens (including phenoxy) is 1. The predicted octanol–water partition coefficient (Wildman–Crippen LogP) is 2.72. The van der Waals surface area contributed by atoms with Gasteiger partial charge in [0, 0.05) is 10.6 Å². The van der Waals surface area contributed by atoms with Gasteiger partial charge in [-0.1, -0.05) is 6.07 Å². The highest BCUT2D eigenvalue weighted by molar-refractivity contribution is 7.10. The van der Waals surface area contributed by atoms with Gasteiger partial charge in [-0.2, -0.15) is 0 Å². The van der Waals surface area contributed by atoms with Crippen LogP contribution in [0.2, 0.25) is 0 Å². The number of carbonyl (C=O) groups is 2. The molecule has 0 bridgehead atoms. The van der Waals surface area contributed by atoms with Crippen LogP contribution in [0, 0.1) is 0 Å². The van der Waals surface area contributed by atoms with Crippen LogP contribution in [0.3, 0.4) is 0 Å². The number of carbonyl (C=O) groups excluding carboxylic acids is 2. The molecular formula is C14H13NO3S. The lowest BCUT2D eigenvalue weighted by Gasteiger charge is -2.05. The zero-order valence-electron chi connectivity index (χ0n) is 10.4. The van der Waals surface area contributed by atoms with Crippen molar-refractivity contribution in [3.05, 3.63) is 52.2 Å². The summed E-state index contributed by atoms with van der Waals surface area (Å²) in [5.74, 6) is -0.468. The number of anilines is 1. The van der Waals surface area contributed by atoms with Crippen LogP contribution in [-0.4, -0.2) is 19.0 Å². The Morgan fingerprint density at radius 2 is 1.95 bits per heavy atom. The first-order valence-corrected chi connectivity index (χ1v) is 6.57. The third-order valence-electron chi connectivity index (χ3n) is 2.50. The molecular weight excluding hydrogens is 262 g/mol. The van der Waals surface area contributed by atoms with Crippen molar-refractivity contribution in [1.29, 1.82) is 0 Å². The average molecular weight is 275 g/mol. The second-order valence-electron chi connectivity index (χ2n) is 3.87. The summed E-state index contributed by atoms with van der Waals surface area (Å²) in [4.78, 5) is 24.0. The fourth-order valence-corrected chi connectivity index (χ4v) is 2.29. The van der Waals surface area contributed by atoms with Gasteiger partial charge in [-0.3, -0.25) is 4.79 Å². The van der Waals surface area contributed by atoms with Gasteiger partial charge in [0.1, 0.15) is 0 Å². The topological polar surface area (TPSA) is 55.4 Å². The molecule has 0 fully saturated rings. The van der Waals surface area contributed by atoms with Crippen molar-refractivity contribution in [2.45, 2.75) is 6.42 Å². The smallest absolute Gasteiger partial charge is 0.337 e. The van der Waals surface area contributed by atoms with E-state index in [9.17, 15) is 9.59 Å². The van der Waals surface area contributed by atoms with E-state index >= 15 is 0 Å². The number of hydrogen-bond acceptors (Lipinski definition) is 4. The normalized spacial score (nSPS) is 9.95. The van der Waals surface area contributed by atoms with Crippen molar-refractivity contribution in [1.82, 2.24) is 0 Å². The first-order valence-electron chi connectivity index (χ1n) is 5.69. The summed E-state index contributed by atoms with van der Waals surface area (Å²) in [6, 6.07) is 10.4. The Hall–Kier alpha value is -2.14. The zero-order chi connectivity index (χ0) is 13.7. The van der Waals surface area contributed by atoms with Crippen LogP contribution in [0.15, 0.2) is 41.8 Å². The molecule has 0 unspecified atom stereocenters. The first-order chi connectivity index (χ1) is 9.19. The maximum absolute atomic E-state index is 11.8. The minimum Gasteiger partial charge on any atom is -0.465 e. The molecule has 2 aromatic rings. The van der Waals surface area contributed by atoms with E-state index in [-0.39, 0.29) is 5.91 Å². The van der Waals surface area contributed by atoms with E-state index in [4.69, 9.17) is 0 Å². The monoisotopic (exact) mass is 275 g/mol. The molecule has 0 aliphatic rings. The highest BCUT2D eigenvalue weighted by Gasteiger charge is 2.07. The molecule has 0 saturated carbocycles. The second kappa shape index (κ2) is 6.15. The SMILES string of the molecule is COC(=O)c1ccc(NC(=O)Cc2cccs2)cc1. The molecule has 19 heavy (non-hydrogen) atoms. The number of rotatable bonds is 4. The van der Waals surface area contributed by atoms with Crippen LogP contribution in [0.5, 0.6) is 0 Å². The van der Waals surface area contributed by atoms with Crippen LogP contribution in [-0.2, 0) is 16.0 Å². The van der Waals surface area contributed by atoms with Gasteiger partial charge in [0.25, 0.3) is 0 Å². The molecule has 0 spiro atoms. The summed E-state index contributed by atoms with van der Waals surface area (Å²) in [7, 11) is 1.33. The molecule has 0 atom stereocenters. The molecule has 1 amide bonds. The Morgan fingerprint density at radius 3 is 2.53 bits per heavy atom. The third-order valence-corrected chi connectivity index (χ3v) is 3.38. The van der Waals surface area contributed by atoms with Crippen molar-refractivity contribution >= 4 is 28.9 Å². The molecule has 2 rings (SSSR count). The van der Waals surface area contributed by atoms with Crippen molar-refractivity contribution in [3.8, 4) is 0 Å². The Bertz CT molecular complexity index is 561. The van der Waals surface area contributed by atoms with Crippen LogP contribution in [0.1, 0.15) is 15.2 Å². The van der Waals surface area contributed by atoms with Crippen molar-refractivity contribution in [2.75, 3.05) is 12.4 Å². The molecule has 0 aliphatic heterocycles. The summed E-state index contributed by atoms with van der Waals surface area (Å²) in [5, 5.41) is 4.72. The van der Waals surface area contributed by atoms with Crippen LogP contribution < -0.4 is 5.32 Å². The van der Waals surface area contributed by atoms with Gasteiger partial charge in [0.2, 0.25) is 5.91 Å². The van der Waals surface area contributed by atoms with Crippen molar-refractivity contribution in [2.24, 2.45) is 0 Å². The summed E-state index contributed by atoms with van der Waals surface area (Å²) >= 11 is 1.55. The largest absolute Gasteiger partial charge is 0.465 e. The molecule has 0 saturated heterocycles. The number of hydrogen-bond donors (Lipinski definition) is 1. The lowest BCUT2D eigenvalue weighted by Crippen LogP contribution is -2.13. The van der Waals surface area contributed by atoms with E-state index in [1.165, 1.54) is 7.11 Å². The molecule has 98 valence electrons. The minimum atomic E-state index is -0.392. The highest BCUT2D eigenvalue weighted by atomic mass is 32.1. The number of methoxy groups -OCH3 is 1. The van der Waals surface area contributed by atoms with Crippen LogP contribution in [0.25, 0.3) is 0 Å². The zero-order valence-corrected chi connectivity index (χ0v) is 11.2. The summed E-state index contributed by atoms with van der Waals surface area (Å²) in [6.07, 6.45) is 0.358. The Balaban J connectivity index is 1.96. The lowest BCUT2D eigenvalue weighted by atomic mass is 10.2. The van der Waals surface area contributed by atoms with Crippen molar-refractivity contribution < 1.29 is 14.3 Å². The second-order valence-corrected chi connectivity index (χ2v) is 4.91. The van der Waals surface area contributed by atoms with Crippen molar-refractivity contribution in [3.63, 3.8) is 0 Å². The summed E-state index contributed by atoms with van der Waals surface area (Å²) in [6.45, 7) is 0. The number of thiophene rings is 1. The van der Waals surface area contributed by atoms with E-state index in [2.05, 4.69) is 10.1 Å². The number of nitrogens with one attached hydrogen (secondary N) is 1. The molecule has 1 aromatic heterocycles. The molecule has 5 heteroatoms. The summed E-state index contributed by atoms with van der Waals surface area (Å²) in [5.41, 5.74) is 1.12. The van der Waals surface area contributed by atoms with Gasteiger partial charge in [-0.25, -0.2) is 4.79 Å². The van der Waals surface area contributed by atoms with Gasteiger partial charge in [-0.05, 0) is 35.7 Å². The van der Waals surface area contributed by atoms with Gasteiger partial charge >= 0.3 is 5.97 Å². The number of esters is 1. The molecule has 1 heterocycles. The first kappa shape index (κ1) is 13.3. The van der Waals surface area contributed by atoms with E-state index in [1.807, 2.05) is 17.5 Å². The summed E-state index contributed by atoms with van der Waals surface area (Å²) < 4.78 is 4.60. The molecule has 1 N–H and O–H groups in total. The fourth-order valence-electron chi connectivity index (χ4n) is 1.58. The van der Waals surface area contributed by atoms with E-state index in [0.717, 1.165) is 4.88 Å². The van der Waals surface area contributed by atoms with Crippen LogP contribution in [0.4, 0.5) is 5.69 Å². The Kier molecular flexibility index (Phi) is 4.30. The van der Waals surface area contributed by atoms with E-state index < -0.39 is 5.97 Å². The standard InChI is InChI=1S/C14H13NO3S/c1-18-14(17)10-4-6-11(7-5-10)15-13(16)9-12-3-2-8-19-12/h2-8H,9H2,1H3,(H,15,16). The molecule has 1 aromatic carbocycles. The maximum atomic E-state index is 11.8. The highest BCUT2D eigenvalue weighted by Crippen LogP contribution is 2.13. The predicted molar refractivity (Wildman–Crippen MR) is 74.4 cm³/mol. The minimum absolute atomic E-state index is 0.0757. The van der Waals surface area contributed by atoms with Gasteiger partial charge in [-0.15, -0.1) is 11.3 Å². The molecule has 4 nitrogen and oxygen atoms in total. The van der Waals surface area contributed by atoms with E-state index in [0.29, 0.717) is 17.7 Å². The van der Waals surface area contributed by atoms with Gasteiger partial charge in [0.15, 0.2) is 0 Å². The third kappa shape index (κ3) is 3.66. The Labute approximate surface area is 115 Å². The van der Waals surface area contributed by atoms with E-state index in [1.54, 1.807) is 35.6 Å².